The maximum absolute atomic E-state index is 10.8. The number of nitro groups is 1. The second-order valence-electron chi connectivity index (χ2n) is 5.38. The predicted molar refractivity (Wildman–Crippen MR) is 82.6 cm³/mol. The SMILES string of the molecule is CC(Cc1cc(C#N)c2c(c1)CCN2CCCCl)[N+](=O)[O-]. The average Bonchev–Trinajstić information content (AvgIpc) is 2.87. The highest BCUT2D eigenvalue weighted by Gasteiger charge is 2.24. The van der Waals surface area contributed by atoms with Crippen molar-refractivity contribution in [2.24, 2.45) is 0 Å². The lowest BCUT2D eigenvalue weighted by atomic mass is 9.99. The Morgan fingerprint density at radius 2 is 2.33 bits per heavy atom. The van der Waals surface area contributed by atoms with Crippen molar-refractivity contribution in [3.63, 3.8) is 0 Å². The first-order chi connectivity index (χ1) is 10.1. The van der Waals surface area contributed by atoms with Gasteiger partial charge in [0.2, 0.25) is 6.04 Å². The van der Waals surface area contributed by atoms with Crippen molar-refractivity contribution < 1.29 is 4.92 Å². The first-order valence-electron chi connectivity index (χ1n) is 7.07. The van der Waals surface area contributed by atoms with E-state index in [1.54, 1.807) is 13.0 Å². The molecule has 0 aliphatic carbocycles. The number of halogens is 1. The quantitative estimate of drug-likeness (QED) is 0.460. The number of hydrogen-bond donors (Lipinski definition) is 0. The van der Waals surface area contributed by atoms with Crippen LogP contribution in [0.5, 0.6) is 0 Å². The van der Waals surface area contributed by atoms with E-state index >= 15 is 0 Å². The molecule has 5 nitrogen and oxygen atoms in total. The van der Waals surface area contributed by atoms with E-state index in [1.807, 2.05) is 6.07 Å². The van der Waals surface area contributed by atoms with Crippen LogP contribution in [0.2, 0.25) is 0 Å². The number of hydrogen-bond acceptors (Lipinski definition) is 4. The molecule has 0 aromatic heterocycles. The number of anilines is 1. The first kappa shape index (κ1) is 15.6. The molecule has 0 radical (unpaired) electrons. The standard InChI is InChI=1S/C15H18ClN3O2/c1-11(19(20)21)7-12-8-13-3-6-18(5-2-4-16)15(13)14(9-12)10-17/h8-9,11H,2-7H2,1H3. The van der Waals surface area contributed by atoms with Crippen LogP contribution in [0.15, 0.2) is 12.1 Å². The van der Waals surface area contributed by atoms with Crippen molar-refractivity contribution in [1.82, 2.24) is 0 Å². The Kier molecular flexibility index (Phi) is 5.03. The van der Waals surface area contributed by atoms with Gasteiger partial charge in [-0.2, -0.15) is 5.26 Å². The molecule has 0 N–H and O–H groups in total. The van der Waals surface area contributed by atoms with Gasteiger partial charge in [0.15, 0.2) is 0 Å². The summed E-state index contributed by atoms with van der Waals surface area (Å²) in [7, 11) is 0. The second-order valence-corrected chi connectivity index (χ2v) is 5.76. The molecular formula is C15H18ClN3O2. The summed E-state index contributed by atoms with van der Waals surface area (Å²) in [6, 6.07) is 5.40. The zero-order chi connectivity index (χ0) is 15.4. The van der Waals surface area contributed by atoms with Crippen LogP contribution in [0.4, 0.5) is 5.69 Å². The van der Waals surface area contributed by atoms with E-state index in [2.05, 4.69) is 11.0 Å². The molecule has 1 aliphatic heterocycles. The van der Waals surface area contributed by atoms with Crippen molar-refractivity contribution in [2.45, 2.75) is 32.2 Å². The molecule has 1 unspecified atom stereocenters. The Morgan fingerprint density at radius 3 is 2.95 bits per heavy atom. The zero-order valence-corrected chi connectivity index (χ0v) is 12.8. The monoisotopic (exact) mass is 307 g/mol. The Labute approximate surface area is 129 Å². The minimum atomic E-state index is -0.636. The lowest BCUT2D eigenvalue weighted by Gasteiger charge is -2.20. The number of rotatable bonds is 6. The molecule has 0 saturated heterocycles. The number of alkyl halides is 1. The fourth-order valence-corrected chi connectivity index (χ4v) is 2.90. The minimum Gasteiger partial charge on any atom is -0.370 e. The average molecular weight is 308 g/mol. The van der Waals surface area contributed by atoms with E-state index in [-0.39, 0.29) is 4.92 Å². The zero-order valence-electron chi connectivity index (χ0n) is 12.0. The van der Waals surface area contributed by atoms with Gasteiger partial charge in [-0.25, -0.2) is 0 Å². The van der Waals surface area contributed by atoms with E-state index in [0.29, 0.717) is 17.9 Å². The van der Waals surface area contributed by atoms with E-state index in [0.717, 1.165) is 42.7 Å². The summed E-state index contributed by atoms with van der Waals surface area (Å²) >= 11 is 5.74. The topological polar surface area (TPSA) is 70.2 Å². The second kappa shape index (κ2) is 6.77. The van der Waals surface area contributed by atoms with Gasteiger partial charge in [-0.1, -0.05) is 6.07 Å². The third-order valence-electron chi connectivity index (χ3n) is 3.79. The fourth-order valence-electron chi connectivity index (χ4n) is 2.78. The third kappa shape index (κ3) is 3.45. The molecule has 1 aliphatic rings. The summed E-state index contributed by atoms with van der Waals surface area (Å²) in [5.74, 6) is 0.603. The maximum atomic E-state index is 10.8. The van der Waals surface area contributed by atoms with Crippen LogP contribution in [-0.2, 0) is 12.8 Å². The van der Waals surface area contributed by atoms with E-state index in [4.69, 9.17) is 11.6 Å². The summed E-state index contributed by atoms with van der Waals surface area (Å²) in [5.41, 5.74) is 3.59. The number of fused-ring (bicyclic) bond motifs is 1. The van der Waals surface area contributed by atoms with Crippen LogP contribution in [0.25, 0.3) is 0 Å². The van der Waals surface area contributed by atoms with Gasteiger partial charge < -0.3 is 4.90 Å². The largest absolute Gasteiger partial charge is 0.370 e. The van der Waals surface area contributed by atoms with E-state index in [1.165, 1.54) is 0 Å². The summed E-state index contributed by atoms with van der Waals surface area (Å²) in [4.78, 5) is 12.7. The molecule has 0 saturated carbocycles. The van der Waals surface area contributed by atoms with Gasteiger partial charge in [-0.05, 0) is 30.0 Å². The Balaban J connectivity index is 2.27. The molecule has 21 heavy (non-hydrogen) atoms. The van der Waals surface area contributed by atoms with Gasteiger partial charge in [0, 0.05) is 37.2 Å². The minimum absolute atomic E-state index is 0.286. The fraction of sp³-hybridized carbons (Fsp3) is 0.533. The smallest absolute Gasteiger partial charge is 0.214 e. The number of nitriles is 1. The molecule has 6 heteroatoms. The van der Waals surface area contributed by atoms with Gasteiger partial charge in [0.25, 0.3) is 0 Å². The molecule has 1 heterocycles. The summed E-state index contributed by atoms with van der Waals surface area (Å²) < 4.78 is 0. The molecule has 0 fully saturated rings. The van der Waals surface area contributed by atoms with Crippen LogP contribution >= 0.6 is 11.6 Å². The molecule has 2 rings (SSSR count). The normalized spacial score (nSPS) is 14.6. The van der Waals surface area contributed by atoms with Gasteiger partial charge in [0.1, 0.15) is 6.07 Å². The molecule has 1 aromatic rings. The molecular weight excluding hydrogens is 290 g/mol. The predicted octanol–water partition coefficient (Wildman–Crippen LogP) is 2.76. The maximum Gasteiger partial charge on any atom is 0.214 e. The highest BCUT2D eigenvalue weighted by Crippen LogP contribution is 2.33. The van der Waals surface area contributed by atoms with Crippen LogP contribution in [-0.4, -0.2) is 29.9 Å². The van der Waals surface area contributed by atoms with Crippen LogP contribution in [0.1, 0.15) is 30.0 Å². The van der Waals surface area contributed by atoms with E-state index in [9.17, 15) is 15.4 Å². The molecule has 112 valence electrons. The number of nitrogens with zero attached hydrogens (tertiary/aromatic N) is 3. The van der Waals surface area contributed by atoms with Crippen molar-refractivity contribution in [2.75, 3.05) is 23.9 Å². The molecule has 0 spiro atoms. The number of benzene rings is 1. The van der Waals surface area contributed by atoms with Crippen molar-refractivity contribution in [1.29, 1.82) is 5.26 Å². The molecule has 1 aromatic carbocycles. The van der Waals surface area contributed by atoms with Crippen LogP contribution in [0, 0.1) is 21.4 Å². The van der Waals surface area contributed by atoms with Crippen molar-refractivity contribution >= 4 is 17.3 Å². The highest BCUT2D eigenvalue weighted by atomic mass is 35.5. The van der Waals surface area contributed by atoms with Gasteiger partial charge in [-0.15, -0.1) is 11.6 Å². The van der Waals surface area contributed by atoms with Crippen molar-refractivity contribution in [3.05, 3.63) is 38.9 Å². The Morgan fingerprint density at radius 1 is 1.57 bits per heavy atom. The van der Waals surface area contributed by atoms with Crippen LogP contribution in [0.3, 0.4) is 0 Å². The first-order valence-corrected chi connectivity index (χ1v) is 7.60. The Hall–Kier alpha value is -1.80. The molecule has 1 atom stereocenters. The third-order valence-corrected chi connectivity index (χ3v) is 4.06. The van der Waals surface area contributed by atoms with E-state index < -0.39 is 6.04 Å². The van der Waals surface area contributed by atoms with Gasteiger partial charge in [0.05, 0.1) is 11.3 Å². The van der Waals surface area contributed by atoms with Crippen molar-refractivity contribution in [3.8, 4) is 6.07 Å². The summed E-state index contributed by atoms with van der Waals surface area (Å²) in [6.07, 6.45) is 2.12. The Bertz CT molecular complexity index is 583. The molecule has 0 amide bonds. The lowest BCUT2D eigenvalue weighted by molar-refractivity contribution is -0.517. The molecule has 0 bridgehead atoms. The summed E-state index contributed by atoms with van der Waals surface area (Å²) in [5, 5.41) is 20.2. The summed E-state index contributed by atoms with van der Waals surface area (Å²) in [6.45, 7) is 3.32. The van der Waals surface area contributed by atoms with Crippen LogP contribution < -0.4 is 4.90 Å². The lowest BCUT2D eigenvalue weighted by Crippen LogP contribution is -2.23. The highest BCUT2D eigenvalue weighted by molar-refractivity contribution is 6.17. The van der Waals surface area contributed by atoms with Gasteiger partial charge in [-0.3, -0.25) is 10.1 Å². The van der Waals surface area contributed by atoms with Gasteiger partial charge >= 0.3 is 0 Å².